The normalized spacial score (nSPS) is 12.1. The fraction of sp³-hybridized carbons (Fsp3) is 0.0364. The number of aromatic nitrogens is 2. The van der Waals surface area contributed by atoms with Crippen molar-refractivity contribution in [3.05, 3.63) is 219 Å². The molecule has 8 aromatic carbocycles. The minimum absolute atomic E-state index is 0. The number of anilines is 6. The molecule has 0 fully saturated rings. The van der Waals surface area contributed by atoms with E-state index < -0.39 is 0 Å². The number of benzene rings is 8. The van der Waals surface area contributed by atoms with Gasteiger partial charge in [0.05, 0.1) is 18.0 Å². The zero-order valence-electron chi connectivity index (χ0n) is 33.4. The Labute approximate surface area is 370 Å². The second-order valence-electron chi connectivity index (χ2n) is 15.2. The molecular formula is C55H39N5Pt. The molecule has 0 spiro atoms. The molecule has 0 radical (unpaired) electrons. The maximum atomic E-state index is 5.10. The van der Waals surface area contributed by atoms with Crippen molar-refractivity contribution in [2.45, 2.75) is 0 Å². The molecule has 0 bridgehead atoms. The molecule has 0 saturated heterocycles. The third kappa shape index (κ3) is 6.78. The molecule has 0 amide bonds. The summed E-state index contributed by atoms with van der Waals surface area (Å²) in [4.78, 5) is 11.9. The molecule has 1 aliphatic heterocycles. The van der Waals surface area contributed by atoms with E-state index in [-0.39, 0.29) is 21.1 Å². The maximum Gasteiger partial charge on any atom is 2.00 e. The summed E-state index contributed by atoms with van der Waals surface area (Å²) >= 11 is 0. The van der Waals surface area contributed by atoms with Gasteiger partial charge < -0.3 is 19.3 Å². The van der Waals surface area contributed by atoms with Crippen molar-refractivity contribution in [1.29, 1.82) is 0 Å². The number of pyridine rings is 1. The summed E-state index contributed by atoms with van der Waals surface area (Å²) in [6.45, 7) is 0.748. The van der Waals surface area contributed by atoms with E-state index in [1.54, 1.807) is 0 Å². The molecule has 2 aromatic heterocycles. The number of para-hydroxylation sites is 4. The van der Waals surface area contributed by atoms with Crippen LogP contribution in [-0.4, -0.2) is 23.3 Å². The van der Waals surface area contributed by atoms with E-state index in [4.69, 9.17) is 4.98 Å². The molecule has 61 heavy (non-hydrogen) atoms. The molecule has 0 unspecified atom stereocenters. The van der Waals surface area contributed by atoms with E-state index in [1.165, 1.54) is 39.2 Å². The van der Waals surface area contributed by atoms with Crippen LogP contribution >= 0.6 is 0 Å². The average Bonchev–Trinajstić information content (AvgIpc) is 3.84. The smallest absolute Gasteiger partial charge is 0.358 e. The van der Waals surface area contributed by atoms with Gasteiger partial charge in [-0.3, -0.25) is 0 Å². The summed E-state index contributed by atoms with van der Waals surface area (Å²) in [5, 5.41) is 2.26. The quantitative estimate of drug-likeness (QED) is 0.142. The number of hydrogen-bond acceptors (Lipinski definition) is 4. The van der Waals surface area contributed by atoms with Crippen LogP contribution < -0.4 is 14.7 Å². The van der Waals surface area contributed by atoms with Crippen molar-refractivity contribution < 1.29 is 21.1 Å². The molecule has 0 N–H and O–H groups in total. The Morgan fingerprint density at radius 3 is 1.89 bits per heavy atom. The zero-order chi connectivity index (χ0) is 40.0. The van der Waals surface area contributed by atoms with Crippen LogP contribution in [0.4, 0.5) is 34.1 Å². The molecule has 3 heterocycles. The monoisotopic (exact) mass is 964 g/mol. The first-order chi connectivity index (χ1) is 29.7. The number of hydrogen-bond donors (Lipinski definition) is 0. The summed E-state index contributed by atoms with van der Waals surface area (Å²) < 4.78 is 2.27. The molecule has 1 aliphatic rings. The maximum absolute atomic E-state index is 5.10. The third-order valence-electron chi connectivity index (χ3n) is 11.6. The Morgan fingerprint density at radius 1 is 0.525 bits per heavy atom. The van der Waals surface area contributed by atoms with Crippen molar-refractivity contribution in [2.75, 3.05) is 28.4 Å². The summed E-state index contributed by atoms with van der Waals surface area (Å²) in [7, 11) is 2.14. The van der Waals surface area contributed by atoms with Gasteiger partial charge in [-0.15, -0.1) is 35.7 Å². The molecule has 11 rings (SSSR count). The Kier molecular flexibility index (Phi) is 10.0. The Bertz CT molecular complexity index is 3110. The molecule has 10 aromatic rings. The Balaban J connectivity index is 0.00000445. The van der Waals surface area contributed by atoms with Crippen LogP contribution in [0.1, 0.15) is 0 Å². The summed E-state index contributed by atoms with van der Waals surface area (Å²) in [5.74, 6) is 0.825. The van der Waals surface area contributed by atoms with E-state index >= 15 is 0 Å². The first kappa shape index (κ1) is 38.0. The summed E-state index contributed by atoms with van der Waals surface area (Å²) in [6.07, 6.45) is 1.94. The van der Waals surface area contributed by atoms with Gasteiger partial charge in [0, 0.05) is 24.4 Å². The molecule has 5 nitrogen and oxygen atoms in total. The molecule has 0 saturated carbocycles. The van der Waals surface area contributed by atoms with E-state index in [0.29, 0.717) is 0 Å². The van der Waals surface area contributed by atoms with Gasteiger partial charge >= 0.3 is 21.1 Å². The first-order valence-corrected chi connectivity index (χ1v) is 20.3. The Morgan fingerprint density at radius 2 is 1.15 bits per heavy atom. The molecular weight excluding hydrogens is 926 g/mol. The van der Waals surface area contributed by atoms with Gasteiger partial charge in [0.15, 0.2) is 0 Å². The second kappa shape index (κ2) is 16.1. The van der Waals surface area contributed by atoms with E-state index in [2.05, 4.69) is 239 Å². The standard InChI is InChI=1S/C55H39N5.Pt/c1-57-38-58(52-30-14-13-29-51(52)57)43-23-15-24-44(36-43)59(42-21-9-4-10-22-42)45-31-32-49-48-25-11-12-28-50(48)60(53(49)37-45)54-35-41(33-34-56-54)55-46(39-17-5-2-6-18-39)26-16-27-47(55)40-19-7-3-8-20-40;/h2-35H,38H2,1H3;/q-2;+2. The number of rotatable bonds is 8. The first-order valence-electron chi connectivity index (χ1n) is 20.3. The van der Waals surface area contributed by atoms with Crippen molar-refractivity contribution in [1.82, 2.24) is 9.55 Å². The summed E-state index contributed by atoms with van der Waals surface area (Å²) in [5.41, 5.74) is 15.2. The topological polar surface area (TPSA) is 27.5 Å². The number of fused-ring (bicyclic) bond motifs is 4. The van der Waals surface area contributed by atoms with Gasteiger partial charge in [0.1, 0.15) is 5.82 Å². The van der Waals surface area contributed by atoms with E-state index in [1.807, 2.05) is 6.20 Å². The minimum atomic E-state index is 0. The third-order valence-corrected chi connectivity index (χ3v) is 11.6. The van der Waals surface area contributed by atoms with Crippen LogP contribution in [0.5, 0.6) is 0 Å². The Hall–Kier alpha value is -7.20. The fourth-order valence-electron chi connectivity index (χ4n) is 8.83. The van der Waals surface area contributed by atoms with Gasteiger partial charge in [-0.25, -0.2) is 4.98 Å². The van der Waals surface area contributed by atoms with Gasteiger partial charge in [-0.2, -0.15) is 12.1 Å². The van der Waals surface area contributed by atoms with Gasteiger partial charge in [-0.1, -0.05) is 150 Å². The van der Waals surface area contributed by atoms with Crippen LogP contribution in [0.3, 0.4) is 0 Å². The van der Waals surface area contributed by atoms with E-state index in [0.717, 1.165) is 62.6 Å². The SMILES string of the molecule is CN1CN(c2[c-]c(N(c3[c-]c4c(cc3)c3ccccc3n4-c3cc(-c4c(-c5ccccc5)cccc4-c4ccccc4)ccn3)c3ccccc3)ccc2)c2ccccc21.[Pt+2]. The van der Waals surface area contributed by atoms with Gasteiger partial charge in [-0.05, 0) is 81.2 Å². The predicted octanol–water partition coefficient (Wildman–Crippen LogP) is 13.8. The van der Waals surface area contributed by atoms with Crippen molar-refractivity contribution in [3.63, 3.8) is 0 Å². The second-order valence-corrected chi connectivity index (χ2v) is 15.2. The van der Waals surface area contributed by atoms with Gasteiger partial charge in [0.25, 0.3) is 0 Å². The fourth-order valence-corrected chi connectivity index (χ4v) is 8.83. The molecule has 6 heteroatoms. The predicted molar refractivity (Wildman–Crippen MR) is 249 cm³/mol. The summed E-state index contributed by atoms with van der Waals surface area (Å²) in [6, 6.07) is 78.5. The van der Waals surface area contributed by atoms with Crippen molar-refractivity contribution >= 4 is 55.9 Å². The minimum Gasteiger partial charge on any atom is -0.358 e. The molecule has 0 atom stereocenters. The van der Waals surface area contributed by atoms with Crippen LogP contribution in [0.25, 0.3) is 61.0 Å². The average molecular weight is 965 g/mol. The zero-order valence-corrected chi connectivity index (χ0v) is 35.7. The molecule has 294 valence electrons. The van der Waals surface area contributed by atoms with Crippen LogP contribution in [0.15, 0.2) is 206 Å². The largest absolute Gasteiger partial charge is 2.00 e. The van der Waals surface area contributed by atoms with Crippen LogP contribution in [-0.2, 0) is 21.1 Å². The van der Waals surface area contributed by atoms with E-state index in [9.17, 15) is 0 Å². The van der Waals surface area contributed by atoms with Crippen LogP contribution in [0.2, 0.25) is 0 Å². The van der Waals surface area contributed by atoms with Crippen molar-refractivity contribution in [3.8, 4) is 39.2 Å². The number of nitrogens with zero attached hydrogens (tertiary/aromatic N) is 5. The molecule has 0 aliphatic carbocycles. The van der Waals surface area contributed by atoms with Crippen molar-refractivity contribution in [2.24, 2.45) is 0 Å². The van der Waals surface area contributed by atoms with Gasteiger partial charge in [0.2, 0.25) is 0 Å². The van der Waals surface area contributed by atoms with Crippen LogP contribution in [0, 0.1) is 12.1 Å².